The molecule has 0 saturated carbocycles. The lowest BCUT2D eigenvalue weighted by molar-refractivity contribution is -0.124. The second kappa shape index (κ2) is 6.59. The number of rotatable bonds is 5. The highest BCUT2D eigenvalue weighted by Gasteiger charge is 2.07. The van der Waals surface area contributed by atoms with Gasteiger partial charge in [-0.05, 0) is 23.8 Å². The summed E-state index contributed by atoms with van der Waals surface area (Å²) in [6.45, 7) is 3.68. The summed E-state index contributed by atoms with van der Waals surface area (Å²) in [6, 6.07) is 7.16. The van der Waals surface area contributed by atoms with E-state index in [2.05, 4.69) is 5.32 Å². The molecule has 0 saturated heterocycles. The number of nitrogens with one attached hydrogen (secondary N) is 1. The Hall–Kier alpha value is -2.10. The number of ketones is 1. The summed E-state index contributed by atoms with van der Waals surface area (Å²) < 4.78 is 0. The fourth-order valence-electron chi connectivity index (χ4n) is 1.22. The van der Waals surface area contributed by atoms with Crippen molar-refractivity contribution in [1.29, 1.82) is 0 Å². The number of benzene rings is 1. The summed E-state index contributed by atoms with van der Waals surface area (Å²) in [5, 5.41) is 2.55. The molecule has 1 aromatic carbocycles. The van der Waals surface area contributed by atoms with Crippen molar-refractivity contribution in [1.82, 2.24) is 5.32 Å². The molecule has 4 heteroatoms. The molecule has 96 valence electrons. The Morgan fingerprint density at radius 3 is 2.44 bits per heavy atom. The highest BCUT2D eigenvalue weighted by atomic mass is 16.2. The van der Waals surface area contributed by atoms with Crippen LogP contribution in [0, 0.1) is 5.92 Å². The van der Waals surface area contributed by atoms with E-state index in [0.29, 0.717) is 5.69 Å². The van der Waals surface area contributed by atoms with Gasteiger partial charge in [-0.15, -0.1) is 0 Å². The minimum absolute atomic E-state index is 0.0178. The monoisotopic (exact) mass is 246 g/mol. The molecule has 4 nitrogen and oxygen atoms in total. The molecule has 18 heavy (non-hydrogen) atoms. The van der Waals surface area contributed by atoms with Gasteiger partial charge in [0.25, 0.3) is 0 Å². The molecular weight excluding hydrogens is 228 g/mol. The second-order valence-corrected chi connectivity index (χ2v) is 4.34. The zero-order chi connectivity index (χ0) is 13.5. The van der Waals surface area contributed by atoms with Crippen LogP contribution >= 0.6 is 0 Å². The summed E-state index contributed by atoms with van der Waals surface area (Å²) in [7, 11) is 0. The van der Waals surface area contributed by atoms with Crippen molar-refractivity contribution in [2.45, 2.75) is 13.8 Å². The van der Waals surface area contributed by atoms with E-state index in [1.807, 2.05) is 12.1 Å². The molecule has 0 heterocycles. The largest absolute Gasteiger partial charge is 0.399 e. The number of Topliss-reactive ketones (excluding diaryl/α,β-unsaturated/α-hetero) is 1. The summed E-state index contributed by atoms with van der Waals surface area (Å²) >= 11 is 0. The van der Waals surface area contributed by atoms with E-state index in [-0.39, 0.29) is 24.2 Å². The first kappa shape index (κ1) is 14.0. The lowest BCUT2D eigenvalue weighted by Gasteiger charge is -2.04. The molecular formula is C14H18N2O2. The normalized spacial score (nSPS) is 10.8. The molecule has 1 amide bonds. The number of nitrogens with two attached hydrogens (primary N) is 1. The fraction of sp³-hybridized carbons (Fsp3) is 0.286. The number of hydrogen-bond acceptors (Lipinski definition) is 3. The summed E-state index contributed by atoms with van der Waals surface area (Å²) in [4.78, 5) is 22.7. The average molecular weight is 246 g/mol. The first-order valence-corrected chi connectivity index (χ1v) is 5.83. The predicted molar refractivity (Wildman–Crippen MR) is 72.7 cm³/mol. The van der Waals surface area contributed by atoms with Gasteiger partial charge >= 0.3 is 0 Å². The van der Waals surface area contributed by atoms with Gasteiger partial charge in [-0.1, -0.05) is 26.0 Å². The standard InChI is InChI=1S/C14H18N2O2/c1-10(2)13(17)9-16-14(18)8-5-11-3-6-12(15)7-4-11/h3-8,10H,9,15H2,1-2H3,(H,16,18)/b8-5+. The zero-order valence-corrected chi connectivity index (χ0v) is 10.6. The number of carbonyl (C=O) groups is 2. The van der Waals surface area contributed by atoms with Gasteiger partial charge in [0.2, 0.25) is 5.91 Å². The van der Waals surface area contributed by atoms with Gasteiger partial charge < -0.3 is 11.1 Å². The Kier molecular flexibility index (Phi) is 5.11. The molecule has 1 aromatic rings. The van der Waals surface area contributed by atoms with Crippen molar-refractivity contribution < 1.29 is 9.59 Å². The first-order chi connectivity index (χ1) is 8.49. The molecule has 0 aliphatic rings. The van der Waals surface area contributed by atoms with Gasteiger partial charge in [-0.2, -0.15) is 0 Å². The van der Waals surface area contributed by atoms with E-state index < -0.39 is 0 Å². The van der Waals surface area contributed by atoms with Crippen molar-refractivity contribution in [2.75, 3.05) is 12.3 Å². The van der Waals surface area contributed by atoms with E-state index in [4.69, 9.17) is 5.73 Å². The first-order valence-electron chi connectivity index (χ1n) is 5.83. The van der Waals surface area contributed by atoms with Crippen LogP contribution in [0.4, 0.5) is 5.69 Å². The molecule has 0 aliphatic carbocycles. The molecule has 0 radical (unpaired) electrons. The van der Waals surface area contributed by atoms with Crippen LogP contribution in [-0.4, -0.2) is 18.2 Å². The van der Waals surface area contributed by atoms with Gasteiger partial charge in [0.1, 0.15) is 0 Å². The van der Waals surface area contributed by atoms with Crippen molar-refractivity contribution in [3.05, 3.63) is 35.9 Å². The number of nitrogen functional groups attached to an aromatic ring is 1. The van der Waals surface area contributed by atoms with Crippen LogP contribution in [0.1, 0.15) is 19.4 Å². The number of carbonyl (C=O) groups excluding carboxylic acids is 2. The Labute approximate surface area is 107 Å². The van der Waals surface area contributed by atoms with E-state index >= 15 is 0 Å². The molecule has 0 unspecified atom stereocenters. The Bertz CT molecular complexity index is 447. The van der Waals surface area contributed by atoms with Crippen molar-refractivity contribution in [2.24, 2.45) is 5.92 Å². The minimum Gasteiger partial charge on any atom is -0.399 e. The highest BCUT2D eigenvalue weighted by molar-refractivity contribution is 5.94. The van der Waals surface area contributed by atoms with Crippen LogP contribution < -0.4 is 11.1 Å². The predicted octanol–water partition coefficient (Wildman–Crippen LogP) is 1.62. The van der Waals surface area contributed by atoms with Crippen LogP contribution in [-0.2, 0) is 9.59 Å². The molecule has 3 N–H and O–H groups in total. The maximum atomic E-state index is 11.4. The van der Waals surface area contributed by atoms with Crippen LogP contribution in [0.2, 0.25) is 0 Å². The third-order valence-electron chi connectivity index (χ3n) is 2.44. The lowest BCUT2D eigenvalue weighted by atomic mass is 10.1. The van der Waals surface area contributed by atoms with E-state index in [0.717, 1.165) is 5.56 Å². The minimum atomic E-state index is -0.277. The molecule has 0 aromatic heterocycles. The quantitative estimate of drug-likeness (QED) is 0.612. The van der Waals surface area contributed by atoms with Crippen LogP contribution in [0.3, 0.4) is 0 Å². The van der Waals surface area contributed by atoms with E-state index in [9.17, 15) is 9.59 Å². The summed E-state index contributed by atoms with van der Waals surface area (Å²) in [6.07, 6.45) is 3.08. The molecule has 0 aliphatic heterocycles. The maximum absolute atomic E-state index is 11.4. The number of amides is 1. The lowest BCUT2D eigenvalue weighted by Crippen LogP contribution is -2.30. The number of anilines is 1. The smallest absolute Gasteiger partial charge is 0.244 e. The Balaban J connectivity index is 2.45. The second-order valence-electron chi connectivity index (χ2n) is 4.34. The Morgan fingerprint density at radius 2 is 1.89 bits per heavy atom. The van der Waals surface area contributed by atoms with E-state index in [1.165, 1.54) is 6.08 Å². The summed E-state index contributed by atoms with van der Waals surface area (Å²) in [5.74, 6) is -0.323. The molecule has 0 fully saturated rings. The van der Waals surface area contributed by atoms with Crippen molar-refractivity contribution in [3.63, 3.8) is 0 Å². The van der Waals surface area contributed by atoms with Gasteiger partial charge in [0.15, 0.2) is 5.78 Å². The van der Waals surface area contributed by atoms with Crippen LogP contribution in [0.15, 0.2) is 30.3 Å². The van der Waals surface area contributed by atoms with Gasteiger partial charge in [0.05, 0.1) is 6.54 Å². The third-order valence-corrected chi connectivity index (χ3v) is 2.44. The van der Waals surface area contributed by atoms with Gasteiger partial charge in [-0.25, -0.2) is 0 Å². The fourth-order valence-corrected chi connectivity index (χ4v) is 1.22. The molecule has 0 bridgehead atoms. The molecule has 0 atom stereocenters. The van der Waals surface area contributed by atoms with Gasteiger partial charge in [0, 0.05) is 17.7 Å². The molecule has 1 rings (SSSR count). The van der Waals surface area contributed by atoms with Crippen molar-refractivity contribution in [3.8, 4) is 0 Å². The highest BCUT2D eigenvalue weighted by Crippen LogP contribution is 2.06. The zero-order valence-electron chi connectivity index (χ0n) is 10.6. The van der Waals surface area contributed by atoms with Gasteiger partial charge in [-0.3, -0.25) is 9.59 Å². The third kappa shape index (κ3) is 4.82. The van der Waals surface area contributed by atoms with Crippen LogP contribution in [0.5, 0.6) is 0 Å². The number of hydrogen-bond donors (Lipinski definition) is 2. The SMILES string of the molecule is CC(C)C(=O)CNC(=O)/C=C/c1ccc(N)cc1. The van der Waals surface area contributed by atoms with E-state index in [1.54, 1.807) is 32.1 Å². The summed E-state index contributed by atoms with van der Waals surface area (Å²) in [5.41, 5.74) is 7.11. The Morgan fingerprint density at radius 1 is 1.28 bits per heavy atom. The van der Waals surface area contributed by atoms with Crippen LogP contribution in [0.25, 0.3) is 6.08 Å². The topological polar surface area (TPSA) is 72.2 Å². The molecule has 0 spiro atoms. The average Bonchev–Trinajstić information content (AvgIpc) is 2.35. The maximum Gasteiger partial charge on any atom is 0.244 e. The van der Waals surface area contributed by atoms with Crippen molar-refractivity contribution >= 4 is 23.5 Å².